The monoisotopic (exact) mass is 355 g/mol. The quantitative estimate of drug-likeness (QED) is 0.826. The highest BCUT2D eigenvalue weighted by Gasteiger charge is 2.51. The molecule has 96 valence electrons. The van der Waals surface area contributed by atoms with E-state index in [1.54, 1.807) is 6.33 Å². The summed E-state index contributed by atoms with van der Waals surface area (Å²) in [4.78, 5) is 8.51. The molecule has 4 fully saturated rings. The Morgan fingerprint density at radius 1 is 1.11 bits per heavy atom. The van der Waals surface area contributed by atoms with Crippen LogP contribution in [0.5, 0.6) is 0 Å². The molecule has 5 rings (SSSR count). The van der Waals surface area contributed by atoms with Gasteiger partial charge in [-0.1, -0.05) is 0 Å². The van der Waals surface area contributed by atoms with E-state index in [-0.39, 0.29) is 0 Å². The summed E-state index contributed by atoms with van der Waals surface area (Å²) in [5, 5.41) is 3.80. The van der Waals surface area contributed by atoms with E-state index in [2.05, 4.69) is 37.9 Å². The lowest BCUT2D eigenvalue weighted by Crippen LogP contribution is -2.55. The SMILES string of the molecule is Ic1cncnc1NC12CC3CC(CC(C3)C1)C2. The number of aromatic nitrogens is 2. The molecule has 0 unspecified atom stereocenters. The molecule has 4 bridgehead atoms. The molecule has 0 amide bonds. The van der Waals surface area contributed by atoms with Crippen molar-refractivity contribution < 1.29 is 0 Å². The van der Waals surface area contributed by atoms with E-state index in [4.69, 9.17) is 0 Å². The Balaban J connectivity index is 1.63. The Hall–Kier alpha value is -0.390. The van der Waals surface area contributed by atoms with Crippen molar-refractivity contribution in [2.24, 2.45) is 17.8 Å². The van der Waals surface area contributed by atoms with Gasteiger partial charge in [-0.3, -0.25) is 0 Å². The zero-order chi connectivity index (χ0) is 12.2. The summed E-state index contributed by atoms with van der Waals surface area (Å²) in [6, 6.07) is 0. The van der Waals surface area contributed by atoms with Crippen molar-refractivity contribution in [3.63, 3.8) is 0 Å². The van der Waals surface area contributed by atoms with Crippen molar-refractivity contribution in [1.82, 2.24) is 9.97 Å². The largest absolute Gasteiger partial charge is 0.364 e. The van der Waals surface area contributed by atoms with Gasteiger partial charge in [-0.05, 0) is 78.9 Å². The number of rotatable bonds is 2. The van der Waals surface area contributed by atoms with Crippen LogP contribution in [0.3, 0.4) is 0 Å². The number of halogens is 1. The third-order valence-electron chi connectivity index (χ3n) is 5.09. The Kier molecular flexibility index (Phi) is 2.57. The summed E-state index contributed by atoms with van der Waals surface area (Å²) in [6.45, 7) is 0. The lowest BCUT2D eigenvalue weighted by Gasteiger charge is -2.57. The first-order valence-corrected chi connectivity index (χ1v) is 8.04. The fourth-order valence-electron chi connectivity index (χ4n) is 4.92. The average Bonchev–Trinajstić information content (AvgIpc) is 2.30. The van der Waals surface area contributed by atoms with Crippen molar-refractivity contribution in [3.05, 3.63) is 16.1 Å². The van der Waals surface area contributed by atoms with Crippen LogP contribution >= 0.6 is 22.6 Å². The zero-order valence-corrected chi connectivity index (χ0v) is 12.6. The van der Waals surface area contributed by atoms with Crippen LogP contribution in [0.2, 0.25) is 0 Å². The maximum Gasteiger partial charge on any atom is 0.143 e. The van der Waals surface area contributed by atoms with Crippen LogP contribution in [0.25, 0.3) is 0 Å². The van der Waals surface area contributed by atoms with Crippen LogP contribution in [0.4, 0.5) is 5.82 Å². The molecule has 1 aromatic heterocycles. The fraction of sp³-hybridized carbons (Fsp3) is 0.714. The standard InChI is InChI=1S/C14H18IN3/c15-12-7-16-8-17-13(12)18-14-4-9-1-10(5-14)3-11(2-9)6-14/h7-11H,1-6H2,(H,16,17,18). The van der Waals surface area contributed by atoms with Crippen LogP contribution < -0.4 is 5.32 Å². The predicted octanol–water partition coefficient (Wildman–Crippen LogP) is 3.46. The van der Waals surface area contributed by atoms with Crippen LogP contribution in [-0.2, 0) is 0 Å². The van der Waals surface area contributed by atoms with Crippen molar-refractivity contribution in [3.8, 4) is 0 Å². The Labute approximate surface area is 121 Å². The number of hydrogen-bond donors (Lipinski definition) is 1. The first kappa shape index (κ1) is 11.4. The van der Waals surface area contributed by atoms with Gasteiger partial charge in [0.25, 0.3) is 0 Å². The Morgan fingerprint density at radius 2 is 1.72 bits per heavy atom. The topological polar surface area (TPSA) is 37.8 Å². The Morgan fingerprint density at radius 3 is 2.28 bits per heavy atom. The van der Waals surface area contributed by atoms with Crippen molar-refractivity contribution in [1.29, 1.82) is 0 Å². The maximum absolute atomic E-state index is 4.42. The normalized spacial score (nSPS) is 41.1. The molecule has 1 N–H and O–H groups in total. The second-order valence-corrected chi connectivity index (χ2v) is 7.70. The lowest BCUT2D eigenvalue weighted by atomic mass is 9.53. The highest BCUT2D eigenvalue weighted by Crippen LogP contribution is 2.56. The molecule has 0 atom stereocenters. The van der Waals surface area contributed by atoms with Gasteiger partial charge in [0.2, 0.25) is 0 Å². The first-order chi connectivity index (χ1) is 8.72. The van der Waals surface area contributed by atoms with E-state index in [1.165, 1.54) is 38.5 Å². The maximum atomic E-state index is 4.42. The molecule has 4 aliphatic rings. The molecule has 0 saturated heterocycles. The van der Waals surface area contributed by atoms with Crippen molar-refractivity contribution in [2.45, 2.75) is 44.1 Å². The van der Waals surface area contributed by atoms with E-state index in [0.29, 0.717) is 5.54 Å². The van der Waals surface area contributed by atoms with Gasteiger partial charge in [0.15, 0.2) is 0 Å². The van der Waals surface area contributed by atoms with Gasteiger partial charge in [0.05, 0.1) is 3.57 Å². The van der Waals surface area contributed by atoms with E-state index in [9.17, 15) is 0 Å². The van der Waals surface area contributed by atoms with Gasteiger partial charge in [0.1, 0.15) is 12.1 Å². The van der Waals surface area contributed by atoms with Crippen molar-refractivity contribution in [2.75, 3.05) is 5.32 Å². The molecule has 4 heteroatoms. The third-order valence-corrected chi connectivity index (χ3v) is 5.88. The third kappa shape index (κ3) is 1.84. The van der Waals surface area contributed by atoms with Gasteiger partial charge >= 0.3 is 0 Å². The summed E-state index contributed by atoms with van der Waals surface area (Å²) < 4.78 is 1.14. The smallest absolute Gasteiger partial charge is 0.143 e. The average molecular weight is 355 g/mol. The van der Waals surface area contributed by atoms with Gasteiger partial charge in [-0.15, -0.1) is 0 Å². The first-order valence-electron chi connectivity index (χ1n) is 6.96. The zero-order valence-electron chi connectivity index (χ0n) is 10.4. The van der Waals surface area contributed by atoms with E-state index >= 15 is 0 Å². The van der Waals surface area contributed by atoms with Crippen molar-refractivity contribution >= 4 is 28.4 Å². The minimum Gasteiger partial charge on any atom is -0.364 e. The summed E-state index contributed by atoms with van der Waals surface area (Å²) in [5.74, 6) is 3.97. The van der Waals surface area contributed by atoms with E-state index in [1.807, 2.05) is 6.20 Å². The number of anilines is 1. The Bertz CT molecular complexity index is 439. The summed E-state index contributed by atoms with van der Waals surface area (Å²) in [5.41, 5.74) is 0.350. The highest BCUT2D eigenvalue weighted by molar-refractivity contribution is 14.1. The highest BCUT2D eigenvalue weighted by atomic mass is 127. The predicted molar refractivity (Wildman–Crippen MR) is 79.3 cm³/mol. The second-order valence-electron chi connectivity index (χ2n) is 6.54. The summed E-state index contributed by atoms with van der Waals surface area (Å²) >= 11 is 2.33. The molecule has 4 aliphatic carbocycles. The summed E-state index contributed by atoms with van der Waals surface area (Å²) in [6.07, 6.45) is 12.1. The molecular formula is C14H18IN3. The van der Waals surface area contributed by atoms with Gasteiger partial charge in [0, 0.05) is 11.7 Å². The molecule has 1 aromatic rings. The molecule has 0 aliphatic heterocycles. The molecule has 4 saturated carbocycles. The van der Waals surface area contributed by atoms with Gasteiger partial charge in [-0.25, -0.2) is 9.97 Å². The van der Waals surface area contributed by atoms with Gasteiger partial charge < -0.3 is 5.32 Å². The lowest BCUT2D eigenvalue weighted by molar-refractivity contribution is 0.0105. The molecule has 1 heterocycles. The molecular weight excluding hydrogens is 337 g/mol. The van der Waals surface area contributed by atoms with Crippen LogP contribution in [0.15, 0.2) is 12.5 Å². The molecule has 18 heavy (non-hydrogen) atoms. The fourth-order valence-corrected chi connectivity index (χ4v) is 5.35. The van der Waals surface area contributed by atoms with Crippen LogP contribution in [0, 0.1) is 21.3 Å². The number of nitrogens with one attached hydrogen (secondary N) is 1. The second kappa shape index (κ2) is 4.05. The molecule has 0 radical (unpaired) electrons. The van der Waals surface area contributed by atoms with E-state index in [0.717, 1.165) is 27.1 Å². The van der Waals surface area contributed by atoms with Crippen LogP contribution in [0.1, 0.15) is 38.5 Å². The molecule has 0 spiro atoms. The number of nitrogens with zero attached hydrogens (tertiary/aromatic N) is 2. The number of hydrogen-bond acceptors (Lipinski definition) is 3. The molecule has 0 aromatic carbocycles. The molecule has 3 nitrogen and oxygen atoms in total. The summed E-state index contributed by atoms with van der Waals surface area (Å²) in [7, 11) is 0. The van der Waals surface area contributed by atoms with Crippen LogP contribution in [-0.4, -0.2) is 15.5 Å². The minimum atomic E-state index is 0.350. The minimum absolute atomic E-state index is 0.350. The van der Waals surface area contributed by atoms with Gasteiger partial charge in [-0.2, -0.15) is 0 Å². The van der Waals surface area contributed by atoms with E-state index < -0.39 is 0 Å².